The molecule has 5 heterocycles. The van der Waals surface area contributed by atoms with Crippen molar-refractivity contribution < 1.29 is 4.39 Å². The summed E-state index contributed by atoms with van der Waals surface area (Å²) >= 11 is 0. The molecule has 6 nitrogen and oxygen atoms in total. The fraction of sp³-hybridized carbons (Fsp3) is 0.296. The molecule has 7 rings (SSSR count). The molecule has 1 aliphatic carbocycles. The molecule has 0 atom stereocenters. The fourth-order valence-electron chi connectivity index (χ4n) is 6.09. The van der Waals surface area contributed by atoms with E-state index in [0.717, 1.165) is 78.1 Å². The van der Waals surface area contributed by atoms with E-state index in [1.54, 1.807) is 6.07 Å². The lowest BCUT2D eigenvalue weighted by Crippen LogP contribution is -2.41. The fourth-order valence-corrected chi connectivity index (χ4v) is 6.09. The molecule has 1 spiro atoms. The first kappa shape index (κ1) is 19.7. The Labute approximate surface area is 196 Å². The summed E-state index contributed by atoms with van der Waals surface area (Å²) in [5.41, 5.74) is 7.26. The van der Waals surface area contributed by atoms with E-state index >= 15 is 0 Å². The van der Waals surface area contributed by atoms with E-state index < -0.39 is 0 Å². The molecule has 0 radical (unpaired) electrons. The van der Waals surface area contributed by atoms with Crippen molar-refractivity contribution in [3.63, 3.8) is 0 Å². The molecule has 5 aromatic rings. The van der Waals surface area contributed by atoms with Crippen LogP contribution >= 0.6 is 0 Å². The number of aromatic nitrogens is 5. The number of nitrogens with zero attached hydrogens (tertiary/aromatic N) is 6. The molecule has 1 aliphatic heterocycles. The molecule has 4 aromatic heterocycles. The van der Waals surface area contributed by atoms with E-state index in [-0.39, 0.29) is 11.2 Å². The molecule has 1 fully saturated rings. The average Bonchev–Trinajstić information content (AvgIpc) is 3.57. The molecule has 170 valence electrons. The van der Waals surface area contributed by atoms with Crippen LogP contribution in [0.2, 0.25) is 0 Å². The summed E-state index contributed by atoms with van der Waals surface area (Å²) in [7, 11) is 0. The smallest absolute Gasteiger partial charge is 0.155 e. The van der Waals surface area contributed by atoms with Gasteiger partial charge in [-0.3, -0.25) is 0 Å². The molecular formula is C27H25FN6. The summed E-state index contributed by atoms with van der Waals surface area (Å²) in [6.07, 6.45) is 9.60. The minimum absolute atomic E-state index is 0.0432. The second-order valence-electron chi connectivity index (χ2n) is 9.80. The van der Waals surface area contributed by atoms with Crippen molar-refractivity contribution in [3.05, 3.63) is 83.7 Å². The van der Waals surface area contributed by atoms with E-state index in [9.17, 15) is 4.39 Å². The Morgan fingerprint density at radius 3 is 2.68 bits per heavy atom. The number of aryl methyl sites for hydroxylation is 1. The number of hydrogen-bond donors (Lipinski definition) is 0. The Hall–Kier alpha value is -3.74. The highest BCUT2D eigenvalue weighted by Gasteiger charge is 2.41. The van der Waals surface area contributed by atoms with Gasteiger partial charge in [0.1, 0.15) is 11.3 Å². The lowest BCUT2D eigenvalue weighted by molar-refractivity contribution is 0.231. The highest BCUT2D eigenvalue weighted by atomic mass is 19.1. The number of anilines is 1. The van der Waals surface area contributed by atoms with E-state index in [1.807, 2.05) is 58.8 Å². The summed E-state index contributed by atoms with van der Waals surface area (Å²) < 4.78 is 18.3. The third-order valence-electron chi connectivity index (χ3n) is 7.84. The van der Waals surface area contributed by atoms with Gasteiger partial charge < -0.3 is 4.90 Å². The molecule has 1 aromatic carbocycles. The van der Waals surface area contributed by atoms with Crippen LogP contribution in [0.4, 0.5) is 10.2 Å². The number of pyridine rings is 1. The zero-order valence-electron chi connectivity index (χ0n) is 19.1. The third-order valence-corrected chi connectivity index (χ3v) is 7.84. The van der Waals surface area contributed by atoms with Crippen LogP contribution < -0.4 is 4.90 Å². The first-order valence-corrected chi connectivity index (χ1v) is 11.9. The van der Waals surface area contributed by atoms with Crippen LogP contribution in [0.1, 0.15) is 29.7 Å². The lowest BCUT2D eigenvalue weighted by Gasteiger charge is -2.40. The molecule has 1 saturated heterocycles. The number of benzene rings is 1. The average molecular weight is 453 g/mol. The van der Waals surface area contributed by atoms with Gasteiger partial charge in [0.25, 0.3) is 0 Å². The van der Waals surface area contributed by atoms with Crippen LogP contribution in [0.5, 0.6) is 0 Å². The van der Waals surface area contributed by atoms with Crippen LogP contribution in [0.3, 0.4) is 0 Å². The van der Waals surface area contributed by atoms with Crippen LogP contribution in [-0.4, -0.2) is 37.3 Å². The Morgan fingerprint density at radius 1 is 0.941 bits per heavy atom. The van der Waals surface area contributed by atoms with Gasteiger partial charge >= 0.3 is 0 Å². The molecular weight excluding hydrogens is 427 g/mol. The van der Waals surface area contributed by atoms with Gasteiger partial charge in [-0.2, -0.15) is 10.2 Å². The summed E-state index contributed by atoms with van der Waals surface area (Å²) in [5.74, 6) is 0.935. The maximum absolute atomic E-state index is 14.4. The Kier molecular flexibility index (Phi) is 4.13. The van der Waals surface area contributed by atoms with Gasteiger partial charge in [-0.15, -0.1) is 0 Å². The number of halogens is 1. The second kappa shape index (κ2) is 7.13. The zero-order chi connectivity index (χ0) is 22.9. The molecule has 7 heteroatoms. The van der Waals surface area contributed by atoms with Crippen molar-refractivity contribution in [1.82, 2.24) is 24.2 Å². The van der Waals surface area contributed by atoms with Gasteiger partial charge in [0.05, 0.1) is 29.3 Å². The van der Waals surface area contributed by atoms with Crippen molar-refractivity contribution in [1.29, 1.82) is 0 Å². The highest BCUT2D eigenvalue weighted by Crippen LogP contribution is 2.46. The van der Waals surface area contributed by atoms with E-state index in [0.29, 0.717) is 0 Å². The Bertz CT molecular complexity index is 1560. The van der Waals surface area contributed by atoms with Gasteiger partial charge in [-0.05, 0) is 73.4 Å². The molecule has 0 unspecified atom stereocenters. The van der Waals surface area contributed by atoms with Crippen molar-refractivity contribution in [2.75, 3.05) is 18.0 Å². The van der Waals surface area contributed by atoms with Crippen LogP contribution in [0, 0.1) is 18.2 Å². The maximum atomic E-state index is 14.4. The van der Waals surface area contributed by atoms with Crippen LogP contribution in [-0.2, 0) is 12.8 Å². The van der Waals surface area contributed by atoms with E-state index in [2.05, 4.69) is 27.2 Å². The van der Waals surface area contributed by atoms with Gasteiger partial charge in [0, 0.05) is 24.8 Å². The first-order chi connectivity index (χ1) is 16.6. The summed E-state index contributed by atoms with van der Waals surface area (Å²) in [5, 5.41) is 9.19. The quantitative estimate of drug-likeness (QED) is 0.383. The molecule has 2 aliphatic rings. The lowest BCUT2D eigenvalue weighted by atomic mass is 9.76. The van der Waals surface area contributed by atoms with Gasteiger partial charge in [0.2, 0.25) is 0 Å². The monoisotopic (exact) mass is 452 g/mol. The predicted octanol–water partition coefficient (Wildman–Crippen LogP) is 4.88. The Balaban J connectivity index is 1.23. The molecule has 0 saturated carbocycles. The van der Waals surface area contributed by atoms with Gasteiger partial charge in [-0.25, -0.2) is 18.4 Å². The number of fused-ring (bicyclic) bond motifs is 3. The summed E-state index contributed by atoms with van der Waals surface area (Å²) in [6.45, 7) is 3.88. The van der Waals surface area contributed by atoms with Gasteiger partial charge in [0.15, 0.2) is 5.82 Å². The van der Waals surface area contributed by atoms with Crippen molar-refractivity contribution >= 4 is 16.9 Å². The molecule has 0 amide bonds. The largest absolute Gasteiger partial charge is 0.355 e. The van der Waals surface area contributed by atoms with Crippen molar-refractivity contribution in [2.24, 2.45) is 5.41 Å². The minimum Gasteiger partial charge on any atom is -0.355 e. The molecule has 0 bridgehead atoms. The van der Waals surface area contributed by atoms with Crippen molar-refractivity contribution in [3.8, 4) is 11.3 Å². The van der Waals surface area contributed by atoms with Crippen LogP contribution in [0.15, 0.2) is 61.1 Å². The number of rotatable bonds is 2. The number of hydrogen-bond acceptors (Lipinski definition) is 4. The maximum Gasteiger partial charge on any atom is 0.155 e. The minimum atomic E-state index is -0.0432. The third kappa shape index (κ3) is 2.82. The van der Waals surface area contributed by atoms with Gasteiger partial charge in [-0.1, -0.05) is 18.2 Å². The standard InChI is InChI=1S/C27H25FN6/c1-18-25(21-17-30-33-12-3-2-7-23(21)33)34-24(8-11-29-34)26(31-18)32-13-9-27(10-14-32)15-19-5-4-6-22(28)20(19)16-27/h2-8,11-12,17H,9-10,13-16H2,1H3. The number of piperidine rings is 1. The van der Waals surface area contributed by atoms with Crippen molar-refractivity contribution in [2.45, 2.75) is 32.6 Å². The predicted molar refractivity (Wildman–Crippen MR) is 130 cm³/mol. The van der Waals surface area contributed by atoms with Crippen LogP contribution in [0.25, 0.3) is 22.3 Å². The zero-order valence-corrected chi connectivity index (χ0v) is 19.1. The van der Waals surface area contributed by atoms with E-state index in [4.69, 9.17) is 4.98 Å². The SMILES string of the molecule is Cc1nc(N2CCC3(CC2)Cc2cccc(F)c2C3)c2ccnn2c1-c1cnn2ccccc12. The first-order valence-electron chi connectivity index (χ1n) is 11.9. The topological polar surface area (TPSA) is 50.7 Å². The highest BCUT2D eigenvalue weighted by molar-refractivity contribution is 5.83. The second-order valence-corrected chi connectivity index (χ2v) is 9.80. The normalized spacial score (nSPS) is 17.2. The summed E-state index contributed by atoms with van der Waals surface area (Å²) in [6, 6.07) is 13.6. The van der Waals surface area contributed by atoms with E-state index in [1.165, 1.54) is 5.56 Å². The molecule has 34 heavy (non-hydrogen) atoms. The summed E-state index contributed by atoms with van der Waals surface area (Å²) in [4.78, 5) is 7.48. The Morgan fingerprint density at radius 2 is 1.82 bits per heavy atom. The molecule has 0 N–H and O–H groups in total.